The van der Waals surface area contributed by atoms with Gasteiger partial charge in [0.25, 0.3) is 0 Å². The minimum absolute atomic E-state index is 0.233. The van der Waals surface area contributed by atoms with Crippen LogP contribution in [-0.2, 0) is 6.54 Å². The zero-order chi connectivity index (χ0) is 16.2. The van der Waals surface area contributed by atoms with E-state index in [1.807, 2.05) is 0 Å². The molecule has 0 fully saturated rings. The molecule has 3 nitrogen and oxygen atoms in total. The summed E-state index contributed by atoms with van der Waals surface area (Å²) in [5.41, 5.74) is 1.87. The van der Waals surface area contributed by atoms with Crippen molar-refractivity contribution in [1.29, 1.82) is 0 Å². The van der Waals surface area contributed by atoms with E-state index in [4.69, 9.17) is 11.6 Å². The maximum absolute atomic E-state index is 12.8. The van der Waals surface area contributed by atoms with Crippen molar-refractivity contribution in [3.63, 3.8) is 0 Å². The van der Waals surface area contributed by atoms with Gasteiger partial charge in [0.05, 0.1) is 10.5 Å². The first-order valence-electron chi connectivity index (χ1n) is 6.57. The molecular formula is C15H12ClF3N2O. The van der Waals surface area contributed by atoms with Crippen LogP contribution >= 0.6 is 11.6 Å². The van der Waals surface area contributed by atoms with Gasteiger partial charge in [-0.05, 0) is 31.5 Å². The van der Waals surface area contributed by atoms with Gasteiger partial charge in [-0.2, -0.15) is 13.2 Å². The molecule has 0 spiro atoms. The minimum Gasteiger partial charge on any atom is -0.335 e. The van der Waals surface area contributed by atoms with E-state index < -0.39 is 12.7 Å². The van der Waals surface area contributed by atoms with E-state index in [2.05, 4.69) is 4.98 Å². The van der Waals surface area contributed by atoms with Crippen LogP contribution in [0.4, 0.5) is 13.2 Å². The lowest BCUT2D eigenvalue weighted by Gasteiger charge is -2.11. The molecule has 3 rings (SSSR count). The average Bonchev–Trinajstić information content (AvgIpc) is 2.62. The summed E-state index contributed by atoms with van der Waals surface area (Å²) >= 11 is 6.16. The fourth-order valence-corrected chi connectivity index (χ4v) is 3.15. The molecule has 0 atom stereocenters. The number of fused-ring (bicyclic) bond motifs is 3. The predicted octanol–water partition coefficient (Wildman–Crippen LogP) is 4.32. The Bertz CT molecular complexity index is 953. The van der Waals surface area contributed by atoms with Crippen LogP contribution in [0.5, 0.6) is 0 Å². The van der Waals surface area contributed by atoms with Gasteiger partial charge in [-0.1, -0.05) is 11.6 Å². The van der Waals surface area contributed by atoms with E-state index in [0.29, 0.717) is 27.5 Å². The third kappa shape index (κ3) is 2.27. The number of hydrogen-bond acceptors (Lipinski definition) is 1. The van der Waals surface area contributed by atoms with Crippen molar-refractivity contribution >= 4 is 33.4 Å². The lowest BCUT2D eigenvalue weighted by atomic mass is 10.1. The summed E-state index contributed by atoms with van der Waals surface area (Å²) in [5.74, 6) is 0. The van der Waals surface area contributed by atoms with E-state index in [9.17, 15) is 18.0 Å². The number of alkyl halides is 3. The first kappa shape index (κ1) is 15.0. The maximum atomic E-state index is 12.8. The van der Waals surface area contributed by atoms with Crippen LogP contribution in [-0.4, -0.2) is 15.7 Å². The van der Waals surface area contributed by atoms with E-state index in [-0.39, 0.29) is 10.6 Å². The van der Waals surface area contributed by atoms with Crippen molar-refractivity contribution in [1.82, 2.24) is 9.55 Å². The number of nitrogens with zero attached hydrogens (tertiary/aromatic N) is 1. The number of hydrogen-bond donors (Lipinski definition) is 1. The highest BCUT2D eigenvalue weighted by Gasteiger charge is 2.30. The van der Waals surface area contributed by atoms with E-state index in [1.165, 1.54) is 10.6 Å². The molecule has 0 unspecified atom stereocenters. The highest BCUT2D eigenvalue weighted by Crippen LogP contribution is 2.35. The van der Waals surface area contributed by atoms with Crippen LogP contribution in [0.2, 0.25) is 5.02 Å². The van der Waals surface area contributed by atoms with Crippen LogP contribution in [0.1, 0.15) is 11.3 Å². The van der Waals surface area contributed by atoms with Crippen molar-refractivity contribution in [3.8, 4) is 0 Å². The second-order valence-electron chi connectivity index (χ2n) is 5.28. The third-order valence-electron chi connectivity index (χ3n) is 3.89. The zero-order valence-electron chi connectivity index (χ0n) is 11.8. The van der Waals surface area contributed by atoms with Crippen molar-refractivity contribution in [2.24, 2.45) is 0 Å². The molecule has 0 saturated heterocycles. The minimum atomic E-state index is -4.31. The first-order chi connectivity index (χ1) is 10.2. The van der Waals surface area contributed by atoms with Gasteiger partial charge in [-0.25, -0.2) is 0 Å². The molecule has 1 aromatic carbocycles. The standard InChI is InChI=1S/C15H12ClF3N2O/c1-7-8(2)21(6-15(17,18)19)11-4-3-10-14(13(7)11)9(16)5-12(22)20-10/h3-5H,6H2,1-2H3,(H,20,22). The monoisotopic (exact) mass is 328 g/mol. The number of aryl methyl sites for hydroxylation is 1. The van der Waals surface area contributed by atoms with Gasteiger partial charge in [0.15, 0.2) is 0 Å². The summed E-state index contributed by atoms with van der Waals surface area (Å²) in [7, 11) is 0. The van der Waals surface area contributed by atoms with Crippen LogP contribution in [0.3, 0.4) is 0 Å². The summed E-state index contributed by atoms with van der Waals surface area (Å²) in [6.45, 7) is 2.34. The lowest BCUT2D eigenvalue weighted by Crippen LogP contribution is -2.18. The SMILES string of the molecule is Cc1c(C)n(CC(F)(F)F)c2ccc3[nH]c(=O)cc(Cl)c3c12. The Hall–Kier alpha value is -1.95. The molecule has 0 bridgehead atoms. The Labute approximate surface area is 128 Å². The van der Waals surface area contributed by atoms with Gasteiger partial charge < -0.3 is 9.55 Å². The molecule has 2 aromatic heterocycles. The second kappa shape index (κ2) is 4.78. The van der Waals surface area contributed by atoms with Gasteiger partial charge in [0.2, 0.25) is 5.56 Å². The fourth-order valence-electron chi connectivity index (χ4n) is 2.85. The van der Waals surface area contributed by atoms with Crippen molar-refractivity contribution in [2.45, 2.75) is 26.6 Å². The second-order valence-corrected chi connectivity index (χ2v) is 5.68. The molecule has 2 heterocycles. The summed E-state index contributed by atoms with van der Waals surface area (Å²) in [4.78, 5) is 14.1. The van der Waals surface area contributed by atoms with Gasteiger partial charge in [0.1, 0.15) is 6.54 Å². The normalized spacial score (nSPS) is 12.5. The van der Waals surface area contributed by atoms with Gasteiger partial charge in [-0.15, -0.1) is 0 Å². The average molecular weight is 329 g/mol. The number of aromatic amines is 1. The molecule has 22 heavy (non-hydrogen) atoms. The highest BCUT2D eigenvalue weighted by atomic mass is 35.5. The predicted molar refractivity (Wildman–Crippen MR) is 80.6 cm³/mol. The van der Waals surface area contributed by atoms with Crippen molar-refractivity contribution in [3.05, 3.63) is 44.8 Å². The summed E-state index contributed by atoms with van der Waals surface area (Å²) in [6, 6.07) is 4.39. The summed E-state index contributed by atoms with van der Waals surface area (Å²) in [6.07, 6.45) is -4.31. The lowest BCUT2D eigenvalue weighted by molar-refractivity contribution is -0.140. The summed E-state index contributed by atoms with van der Waals surface area (Å²) in [5, 5.41) is 1.44. The van der Waals surface area contributed by atoms with Gasteiger partial charge in [0, 0.05) is 28.0 Å². The molecule has 0 radical (unpaired) electrons. The molecule has 0 saturated carbocycles. The van der Waals surface area contributed by atoms with Crippen LogP contribution in [0, 0.1) is 13.8 Å². The Morgan fingerprint density at radius 1 is 1.23 bits per heavy atom. The quantitative estimate of drug-likeness (QED) is 0.710. The van der Waals surface area contributed by atoms with Crippen molar-refractivity contribution in [2.75, 3.05) is 0 Å². The smallest absolute Gasteiger partial charge is 0.335 e. The molecular weight excluding hydrogens is 317 g/mol. The molecule has 0 aliphatic heterocycles. The number of aromatic nitrogens is 2. The number of pyridine rings is 1. The van der Waals surface area contributed by atoms with Crippen LogP contribution in [0.25, 0.3) is 21.8 Å². The largest absolute Gasteiger partial charge is 0.406 e. The van der Waals surface area contributed by atoms with E-state index >= 15 is 0 Å². The topological polar surface area (TPSA) is 37.8 Å². The summed E-state index contributed by atoms with van der Waals surface area (Å²) < 4.78 is 39.7. The molecule has 3 aromatic rings. The van der Waals surface area contributed by atoms with Gasteiger partial charge in [-0.3, -0.25) is 4.79 Å². The third-order valence-corrected chi connectivity index (χ3v) is 4.19. The maximum Gasteiger partial charge on any atom is 0.406 e. The Morgan fingerprint density at radius 2 is 1.91 bits per heavy atom. The van der Waals surface area contributed by atoms with Gasteiger partial charge >= 0.3 is 6.18 Å². The number of halogens is 4. The highest BCUT2D eigenvalue weighted by molar-refractivity contribution is 6.37. The first-order valence-corrected chi connectivity index (χ1v) is 6.94. The van der Waals surface area contributed by atoms with E-state index in [1.54, 1.807) is 26.0 Å². The fraction of sp³-hybridized carbons (Fsp3) is 0.267. The number of nitrogens with one attached hydrogen (secondary N) is 1. The number of benzene rings is 1. The zero-order valence-corrected chi connectivity index (χ0v) is 12.6. The molecule has 0 aliphatic rings. The number of H-pyrrole nitrogens is 1. The molecule has 0 amide bonds. The van der Waals surface area contributed by atoms with E-state index in [0.717, 1.165) is 5.56 Å². The molecule has 116 valence electrons. The van der Waals surface area contributed by atoms with Crippen molar-refractivity contribution < 1.29 is 13.2 Å². The molecule has 0 aliphatic carbocycles. The van der Waals surface area contributed by atoms with Crippen LogP contribution < -0.4 is 5.56 Å². The Morgan fingerprint density at radius 3 is 2.55 bits per heavy atom. The molecule has 7 heteroatoms. The Balaban J connectivity index is 2.46. The Kier molecular flexibility index (Phi) is 3.25. The van der Waals surface area contributed by atoms with Crippen LogP contribution in [0.15, 0.2) is 23.0 Å². The molecule has 1 N–H and O–H groups in total. The number of rotatable bonds is 1.